The lowest BCUT2D eigenvalue weighted by Crippen LogP contribution is -2.43. The zero-order chi connectivity index (χ0) is 9.30. The van der Waals surface area contributed by atoms with E-state index in [0.29, 0.717) is 4.90 Å². The lowest BCUT2D eigenvalue weighted by Gasteiger charge is -2.18. The van der Waals surface area contributed by atoms with E-state index in [1.54, 1.807) is 0 Å². The Kier molecular flexibility index (Phi) is 1.90. The molecule has 64 valence electrons. The van der Waals surface area contributed by atoms with Crippen LogP contribution in [0.3, 0.4) is 0 Å². The smallest absolute Gasteiger partial charge is 0.349 e. The van der Waals surface area contributed by atoms with Crippen molar-refractivity contribution in [2.45, 2.75) is 0 Å². The van der Waals surface area contributed by atoms with Crippen molar-refractivity contribution >= 4 is 24.1 Å². The van der Waals surface area contributed by atoms with Crippen LogP contribution in [0.5, 0.6) is 0 Å². The molecule has 1 unspecified atom stereocenters. The van der Waals surface area contributed by atoms with Crippen molar-refractivity contribution < 1.29 is 19.5 Å². The van der Waals surface area contributed by atoms with Crippen molar-refractivity contribution in [3.8, 4) is 0 Å². The van der Waals surface area contributed by atoms with Crippen molar-refractivity contribution in [3.63, 3.8) is 0 Å². The summed E-state index contributed by atoms with van der Waals surface area (Å²) < 4.78 is 0. The molecule has 0 aliphatic carbocycles. The average molecular weight is 170 g/mol. The molecule has 0 aromatic rings. The first-order chi connectivity index (χ1) is 5.54. The van der Waals surface area contributed by atoms with Crippen molar-refractivity contribution in [2.24, 2.45) is 10.9 Å². The van der Waals surface area contributed by atoms with Gasteiger partial charge in [0.25, 0.3) is 0 Å². The van der Waals surface area contributed by atoms with Crippen molar-refractivity contribution in [1.29, 1.82) is 0 Å². The molecule has 6 nitrogen and oxygen atoms in total. The highest BCUT2D eigenvalue weighted by atomic mass is 16.4. The number of carbonyl (C=O) groups excluding carboxylic acids is 2. The van der Waals surface area contributed by atoms with Gasteiger partial charge in [-0.25, -0.2) is 9.79 Å². The van der Waals surface area contributed by atoms with Gasteiger partial charge in [0, 0.05) is 13.3 Å². The van der Waals surface area contributed by atoms with Gasteiger partial charge in [-0.05, 0) is 0 Å². The third kappa shape index (κ3) is 1.18. The van der Waals surface area contributed by atoms with Crippen LogP contribution in [0.1, 0.15) is 0 Å². The number of carbonyl (C=O) groups is 3. The number of carboxylic acid groups (broad SMARTS) is 1. The molecule has 0 bridgehead atoms. The predicted molar refractivity (Wildman–Crippen MR) is 37.8 cm³/mol. The van der Waals surface area contributed by atoms with Crippen LogP contribution >= 0.6 is 0 Å². The van der Waals surface area contributed by atoms with E-state index in [-0.39, 0.29) is 0 Å². The van der Waals surface area contributed by atoms with Crippen LogP contribution in [-0.2, 0) is 9.59 Å². The molecular weight excluding hydrogens is 164 g/mol. The molecule has 0 saturated heterocycles. The van der Waals surface area contributed by atoms with Gasteiger partial charge in [-0.1, -0.05) is 0 Å². The maximum atomic E-state index is 11.0. The lowest BCUT2D eigenvalue weighted by atomic mass is 10.1. The summed E-state index contributed by atoms with van der Waals surface area (Å²) in [5.41, 5.74) is 0. The van der Waals surface area contributed by atoms with Gasteiger partial charge in [0.05, 0.1) is 0 Å². The minimum absolute atomic E-state index is 0.679. The number of aliphatic carboxylic acids is 1. The normalized spacial score (nSPS) is 23.1. The number of hydrogen-bond donors (Lipinski definition) is 1. The molecule has 1 atom stereocenters. The second-order valence-corrected chi connectivity index (χ2v) is 2.27. The van der Waals surface area contributed by atoms with E-state index in [0.717, 1.165) is 6.21 Å². The highest BCUT2D eigenvalue weighted by molar-refractivity contribution is 6.18. The molecule has 1 aliphatic rings. The first-order valence-corrected chi connectivity index (χ1v) is 3.12. The first kappa shape index (κ1) is 8.38. The van der Waals surface area contributed by atoms with Gasteiger partial charge in [-0.15, -0.1) is 0 Å². The van der Waals surface area contributed by atoms with Gasteiger partial charge in [-0.2, -0.15) is 0 Å². The largest absolute Gasteiger partial charge is 0.480 e. The topological polar surface area (TPSA) is 87.0 Å². The molecule has 0 aromatic carbocycles. The van der Waals surface area contributed by atoms with E-state index in [1.807, 2.05) is 0 Å². The fourth-order valence-corrected chi connectivity index (χ4v) is 0.761. The number of imide groups is 1. The zero-order valence-corrected chi connectivity index (χ0v) is 6.22. The average Bonchev–Trinajstić information content (AvgIpc) is 2.00. The van der Waals surface area contributed by atoms with Gasteiger partial charge in [0.1, 0.15) is 0 Å². The molecule has 3 amide bonds. The van der Waals surface area contributed by atoms with Crippen molar-refractivity contribution in [1.82, 2.24) is 4.90 Å². The second-order valence-electron chi connectivity index (χ2n) is 2.27. The summed E-state index contributed by atoms with van der Waals surface area (Å²) in [6.45, 7) is 0. The Morgan fingerprint density at radius 3 is 2.75 bits per heavy atom. The number of rotatable bonds is 1. The van der Waals surface area contributed by atoms with Crippen LogP contribution in [0.2, 0.25) is 0 Å². The lowest BCUT2D eigenvalue weighted by molar-refractivity contribution is -0.146. The van der Waals surface area contributed by atoms with Gasteiger partial charge in [-0.3, -0.25) is 14.5 Å². The molecule has 12 heavy (non-hydrogen) atoms. The zero-order valence-electron chi connectivity index (χ0n) is 6.22. The van der Waals surface area contributed by atoms with E-state index in [2.05, 4.69) is 4.99 Å². The Labute approximate surface area is 67.5 Å². The van der Waals surface area contributed by atoms with Crippen LogP contribution in [0.15, 0.2) is 4.99 Å². The summed E-state index contributed by atoms with van der Waals surface area (Å²) in [6.07, 6.45) is 0.840. The number of carboxylic acids is 1. The van der Waals surface area contributed by atoms with Crippen molar-refractivity contribution in [2.75, 3.05) is 7.05 Å². The number of nitrogens with zero attached hydrogens (tertiary/aromatic N) is 2. The summed E-state index contributed by atoms with van der Waals surface area (Å²) in [4.78, 5) is 36.0. The second kappa shape index (κ2) is 2.72. The summed E-state index contributed by atoms with van der Waals surface area (Å²) in [5.74, 6) is -3.39. The highest BCUT2D eigenvalue weighted by Crippen LogP contribution is 2.06. The Hall–Kier alpha value is -1.72. The molecule has 0 saturated carbocycles. The molecule has 1 aliphatic heterocycles. The summed E-state index contributed by atoms with van der Waals surface area (Å²) in [5, 5.41) is 8.46. The maximum Gasteiger partial charge on any atom is 0.349 e. The highest BCUT2D eigenvalue weighted by Gasteiger charge is 2.33. The number of urea groups is 1. The monoisotopic (exact) mass is 170 g/mol. The predicted octanol–water partition coefficient (Wildman–Crippen LogP) is -0.650. The van der Waals surface area contributed by atoms with Gasteiger partial charge >= 0.3 is 12.0 Å². The van der Waals surface area contributed by atoms with Crippen LogP contribution in [0.4, 0.5) is 4.79 Å². The number of hydrogen-bond acceptors (Lipinski definition) is 3. The minimum atomic E-state index is -1.33. The first-order valence-electron chi connectivity index (χ1n) is 3.12. The molecule has 0 fully saturated rings. The van der Waals surface area contributed by atoms with Gasteiger partial charge < -0.3 is 5.11 Å². The molecule has 6 heteroatoms. The third-order valence-electron chi connectivity index (χ3n) is 1.48. The summed E-state index contributed by atoms with van der Waals surface area (Å²) in [6, 6.07) is -0.738. The van der Waals surface area contributed by atoms with E-state index < -0.39 is 23.8 Å². The van der Waals surface area contributed by atoms with Crippen LogP contribution in [0.25, 0.3) is 0 Å². The maximum absolute atomic E-state index is 11.0. The summed E-state index contributed by atoms with van der Waals surface area (Å²) in [7, 11) is 1.19. The Balaban J connectivity index is 2.96. The molecular formula is C6H6N2O4. The van der Waals surface area contributed by atoms with E-state index in [4.69, 9.17) is 5.11 Å². The third-order valence-corrected chi connectivity index (χ3v) is 1.48. The van der Waals surface area contributed by atoms with E-state index in [1.165, 1.54) is 7.05 Å². The fraction of sp³-hybridized carbons (Fsp3) is 0.333. The van der Waals surface area contributed by atoms with E-state index >= 15 is 0 Å². The molecule has 0 aromatic heterocycles. The molecule has 1 N–H and O–H groups in total. The molecule has 0 spiro atoms. The SMILES string of the molecule is CN1C(=O)N=CC(C(=O)O)C1=O. The van der Waals surface area contributed by atoms with Gasteiger partial charge in [0.2, 0.25) is 5.91 Å². The fourth-order valence-electron chi connectivity index (χ4n) is 0.761. The number of amides is 3. The molecule has 1 heterocycles. The quantitative estimate of drug-likeness (QED) is 0.529. The van der Waals surface area contributed by atoms with E-state index in [9.17, 15) is 14.4 Å². The van der Waals surface area contributed by atoms with Crippen LogP contribution in [-0.4, -0.2) is 41.2 Å². The standard InChI is InChI=1S/C6H6N2O4/c1-8-4(9)3(5(10)11)2-7-6(8)12/h2-3H,1H3,(H,10,11). The molecule has 0 radical (unpaired) electrons. The Morgan fingerprint density at radius 2 is 2.25 bits per heavy atom. The summed E-state index contributed by atoms with van der Waals surface area (Å²) >= 11 is 0. The minimum Gasteiger partial charge on any atom is -0.480 e. The Morgan fingerprint density at radius 1 is 1.67 bits per heavy atom. The number of aliphatic imine (C=N–C) groups is 1. The van der Waals surface area contributed by atoms with Gasteiger partial charge in [0.15, 0.2) is 5.92 Å². The molecule has 1 rings (SSSR count). The van der Waals surface area contributed by atoms with Crippen molar-refractivity contribution in [3.05, 3.63) is 0 Å². The Bertz CT molecular complexity index is 283. The van der Waals surface area contributed by atoms with Crippen LogP contribution in [0, 0.1) is 5.92 Å². The van der Waals surface area contributed by atoms with Crippen LogP contribution < -0.4 is 0 Å².